The Hall–Kier alpha value is -4.17. The molecule has 14 heteroatoms. The van der Waals surface area contributed by atoms with E-state index in [1.807, 2.05) is 76.9 Å². The third-order valence-electron chi connectivity index (χ3n) is 11.1. The number of aromatic nitrogens is 1. The topological polar surface area (TPSA) is 162 Å². The van der Waals surface area contributed by atoms with Gasteiger partial charge in [0.25, 0.3) is 0 Å². The van der Waals surface area contributed by atoms with Crippen molar-refractivity contribution in [3.63, 3.8) is 0 Å². The van der Waals surface area contributed by atoms with Gasteiger partial charge < -0.3 is 24.4 Å². The number of esters is 3. The molecule has 1 N–H and O–H groups in total. The van der Waals surface area contributed by atoms with Crippen LogP contribution in [0.1, 0.15) is 133 Å². The number of ether oxygens (including phenoxy) is 3. The first-order valence-corrected chi connectivity index (χ1v) is 21.7. The van der Waals surface area contributed by atoms with E-state index in [-0.39, 0.29) is 73.1 Å². The smallest absolute Gasteiger partial charge is 0.308 e. The van der Waals surface area contributed by atoms with Gasteiger partial charge in [-0.1, -0.05) is 84.7 Å². The minimum Gasteiger partial charge on any atom is -0.469 e. The van der Waals surface area contributed by atoms with Gasteiger partial charge in [-0.25, -0.2) is 4.98 Å². The van der Waals surface area contributed by atoms with Crippen molar-refractivity contribution in [3.8, 4) is 0 Å². The third-order valence-corrected chi connectivity index (χ3v) is 12.0. The number of carbonyl (C=O) groups is 6. The van der Waals surface area contributed by atoms with Crippen molar-refractivity contribution in [3.05, 3.63) is 52.0 Å². The van der Waals surface area contributed by atoms with E-state index in [0.29, 0.717) is 37.1 Å². The molecule has 3 rings (SSSR count). The van der Waals surface area contributed by atoms with E-state index < -0.39 is 42.0 Å². The molecule has 0 spiro atoms. The highest BCUT2D eigenvalue weighted by Gasteiger charge is 2.39. The zero-order valence-electron chi connectivity index (χ0n) is 36.0. The van der Waals surface area contributed by atoms with Crippen molar-refractivity contribution in [1.29, 1.82) is 0 Å². The van der Waals surface area contributed by atoms with Crippen molar-refractivity contribution >= 4 is 46.8 Å². The second-order valence-corrected chi connectivity index (χ2v) is 17.0. The molecule has 0 bridgehead atoms. The maximum absolute atomic E-state index is 14.8. The average molecular weight is 827 g/mol. The van der Waals surface area contributed by atoms with Crippen LogP contribution < -0.4 is 5.32 Å². The predicted octanol–water partition coefficient (Wildman–Crippen LogP) is 6.94. The van der Waals surface area contributed by atoms with Crippen molar-refractivity contribution in [2.45, 2.75) is 137 Å². The Morgan fingerprint density at radius 2 is 1.72 bits per heavy atom. The highest BCUT2D eigenvalue weighted by Crippen LogP contribution is 2.33. The summed E-state index contributed by atoms with van der Waals surface area (Å²) in [7, 11) is 3.27. The van der Waals surface area contributed by atoms with Crippen molar-refractivity contribution < 1.29 is 43.0 Å². The summed E-state index contributed by atoms with van der Waals surface area (Å²) in [6, 6.07) is 7.88. The number of thiazole rings is 1. The fraction of sp³-hybridized carbons (Fsp3) is 0.659. The van der Waals surface area contributed by atoms with Crippen LogP contribution >= 0.6 is 11.3 Å². The molecule has 2 amide bonds. The molecule has 1 fully saturated rings. The van der Waals surface area contributed by atoms with Crippen LogP contribution in [0.2, 0.25) is 0 Å². The molecular weight excluding hydrogens is 761 g/mol. The number of likely N-dealkylation sites (tertiary alicyclic amines) is 1. The molecule has 2 aromatic rings. The summed E-state index contributed by atoms with van der Waals surface area (Å²) in [4.78, 5) is 88.1. The Morgan fingerprint density at radius 3 is 2.33 bits per heavy atom. The summed E-state index contributed by atoms with van der Waals surface area (Å²) < 4.78 is 16.5. The summed E-state index contributed by atoms with van der Waals surface area (Å²) in [5, 5.41) is 5.10. The molecule has 0 radical (unpaired) electrons. The minimum absolute atomic E-state index is 0.0925. The number of likely N-dealkylation sites (N-methyl/N-ethyl adjacent to an activating group) is 1. The number of methoxy groups -OCH3 is 1. The van der Waals surface area contributed by atoms with E-state index in [1.165, 1.54) is 30.3 Å². The largest absolute Gasteiger partial charge is 0.469 e. The fourth-order valence-electron chi connectivity index (χ4n) is 7.55. The van der Waals surface area contributed by atoms with Gasteiger partial charge in [0.2, 0.25) is 11.8 Å². The molecule has 1 aromatic carbocycles. The fourth-order valence-corrected chi connectivity index (χ4v) is 8.41. The summed E-state index contributed by atoms with van der Waals surface area (Å²) >= 11 is 1.19. The van der Waals surface area contributed by atoms with Crippen molar-refractivity contribution in [1.82, 2.24) is 20.1 Å². The quantitative estimate of drug-likeness (QED) is 0.0535. The molecule has 2 heterocycles. The van der Waals surface area contributed by atoms with Crippen LogP contribution in [0.3, 0.4) is 0 Å². The number of piperidine rings is 1. The second-order valence-electron chi connectivity index (χ2n) is 16.1. The predicted molar refractivity (Wildman–Crippen MR) is 223 cm³/mol. The SMILES string of the molecule is CCCC(=O)OCN(C(=O)[C@@H](NC(=O)[C@H]1CCCCN1C)C(C)CC)[C@H](C[C@@H](OC(C)=O)c1nc(C(=O)C[C@@H](Cc2ccccc2)C[C@H](C)C(=O)OC)cs1)C(C)C. The number of carbonyl (C=O) groups excluding carboxylic acids is 6. The Kier molecular flexibility index (Phi) is 20.0. The van der Waals surface area contributed by atoms with Crippen LogP contribution in [-0.2, 0) is 44.6 Å². The number of nitrogens with zero attached hydrogens (tertiary/aromatic N) is 3. The maximum Gasteiger partial charge on any atom is 0.308 e. The van der Waals surface area contributed by atoms with Crippen molar-refractivity contribution in [2.75, 3.05) is 27.4 Å². The lowest BCUT2D eigenvalue weighted by Crippen LogP contribution is -2.59. The number of rotatable bonds is 23. The monoisotopic (exact) mass is 826 g/mol. The summed E-state index contributed by atoms with van der Waals surface area (Å²) in [5.41, 5.74) is 1.26. The molecule has 0 aliphatic carbocycles. The lowest BCUT2D eigenvalue weighted by Gasteiger charge is -2.39. The number of amides is 2. The number of Topliss-reactive ketones (excluding diaryl/α,β-unsaturated/α-hetero) is 1. The Balaban J connectivity index is 1.95. The van der Waals surface area contributed by atoms with E-state index in [9.17, 15) is 28.8 Å². The van der Waals surface area contributed by atoms with E-state index in [0.717, 1.165) is 24.9 Å². The number of hydrogen-bond acceptors (Lipinski definition) is 12. The number of hydrogen-bond donors (Lipinski definition) is 1. The zero-order chi connectivity index (χ0) is 42.9. The minimum atomic E-state index is -0.940. The molecule has 1 aromatic heterocycles. The standard InChI is InChI=1S/C44H66N4O9S/c1-10-17-39(51)56-27-48(43(53)40(29(5)11-2)46-41(52)35-20-15-16-21-47(35)8)36(28(3)4)25-38(57-31(7)49)42-45-34(26-58-42)37(50)24-33(22-30(6)44(54)55-9)23-32-18-13-12-14-19-32/h12-14,18-19,26,28-30,33,35-36,38,40H,10-11,15-17,20-25,27H2,1-9H3,(H,46,52)/t29?,30-,33+,35+,36+,38+,40-/m0/s1. The Morgan fingerprint density at radius 1 is 1.02 bits per heavy atom. The van der Waals surface area contributed by atoms with Crippen LogP contribution in [0.15, 0.2) is 35.7 Å². The van der Waals surface area contributed by atoms with Crippen LogP contribution in [0.4, 0.5) is 0 Å². The van der Waals surface area contributed by atoms with Gasteiger partial charge in [-0.15, -0.1) is 11.3 Å². The lowest BCUT2D eigenvalue weighted by atomic mass is 9.86. The van der Waals surface area contributed by atoms with E-state index >= 15 is 0 Å². The first-order valence-electron chi connectivity index (χ1n) is 20.8. The van der Waals surface area contributed by atoms with Crippen LogP contribution in [0, 0.1) is 23.7 Å². The first-order chi connectivity index (χ1) is 27.6. The van der Waals surface area contributed by atoms with Gasteiger partial charge in [0.15, 0.2) is 18.6 Å². The lowest BCUT2D eigenvalue weighted by molar-refractivity contribution is -0.160. The Bertz CT molecular complexity index is 1650. The van der Waals surface area contributed by atoms with Gasteiger partial charge in [-0.05, 0) is 69.0 Å². The highest BCUT2D eigenvalue weighted by atomic mass is 32.1. The molecular formula is C44H66N4O9S. The summed E-state index contributed by atoms with van der Waals surface area (Å²) in [6.07, 6.45) is 4.28. The van der Waals surface area contributed by atoms with Gasteiger partial charge in [-0.3, -0.25) is 33.7 Å². The van der Waals surface area contributed by atoms with E-state index in [1.54, 1.807) is 12.3 Å². The first kappa shape index (κ1) is 48.2. The molecule has 322 valence electrons. The maximum atomic E-state index is 14.8. The molecule has 1 unspecified atom stereocenters. The van der Waals surface area contributed by atoms with Crippen LogP contribution in [0.25, 0.3) is 0 Å². The molecule has 1 saturated heterocycles. The van der Waals surface area contributed by atoms with Gasteiger partial charge in [0.1, 0.15) is 16.7 Å². The molecule has 0 saturated carbocycles. The Labute approximate surface area is 348 Å². The molecule has 7 atom stereocenters. The van der Waals surface area contributed by atoms with Crippen molar-refractivity contribution in [2.24, 2.45) is 23.7 Å². The number of ketones is 1. The molecule has 1 aliphatic heterocycles. The summed E-state index contributed by atoms with van der Waals surface area (Å²) in [6.45, 7) is 13.1. The number of nitrogens with one attached hydrogen (secondary N) is 1. The van der Waals surface area contributed by atoms with Gasteiger partial charge in [0.05, 0.1) is 19.1 Å². The van der Waals surface area contributed by atoms with Crippen LogP contribution in [0.5, 0.6) is 0 Å². The van der Waals surface area contributed by atoms with E-state index in [4.69, 9.17) is 19.2 Å². The summed E-state index contributed by atoms with van der Waals surface area (Å²) in [5.74, 6) is -3.23. The number of benzene rings is 1. The van der Waals surface area contributed by atoms with Gasteiger partial charge in [-0.2, -0.15) is 0 Å². The average Bonchev–Trinajstić information content (AvgIpc) is 3.69. The second kappa shape index (κ2) is 24.0. The highest BCUT2D eigenvalue weighted by molar-refractivity contribution is 7.09. The zero-order valence-corrected chi connectivity index (χ0v) is 36.8. The molecule has 13 nitrogen and oxygen atoms in total. The van der Waals surface area contributed by atoms with E-state index in [2.05, 4.69) is 5.32 Å². The van der Waals surface area contributed by atoms with Gasteiger partial charge >= 0.3 is 17.9 Å². The van der Waals surface area contributed by atoms with Gasteiger partial charge in [0, 0.05) is 37.6 Å². The molecule has 1 aliphatic rings. The third kappa shape index (κ3) is 14.6. The normalized spacial score (nSPS) is 17.6. The van der Waals surface area contributed by atoms with Crippen LogP contribution in [-0.4, -0.2) is 95.8 Å². The molecule has 58 heavy (non-hydrogen) atoms.